The third kappa shape index (κ3) is 2.70. The second-order valence-electron chi connectivity index (χ2n) is 4.86. The zero-order valence-corrected chi connectivity index (χ0v) is 10.6. The highest BCUT2D eigenvalue weighted by Crippen LogP contribution is 2.18. The largest absolute Gasteiger partial charge is 0.369 e. The Labute approximate surface area is 107 Å². The molecular weight excluding hydrogens is 228 g/mol. The van der Waals surface area contributed by atoms with Gasteiger partial charge in [-0.25, -0.2) is 0 Å². The molecule has 1 heterocycles. The molecule has 0 radical (unpaired) electrons. The van der Waals surface area contributed by atoms with E-state index in [9.17, 15) is 9.59 Å². The van der Waals surface area contributed by atoms with Crippen LogP contribution in [-0.2, 0) is 4.79 Å². The fraction of sp³-hybridized carbons (Fsp3) is 0.429. The van der Waals surface area contributed by atoms with E-state index < -0.39 is 0 Å². The van der Waals surface area contributed by atoms with E-state index in [-0.39, 0.29) is 17.7 Å². The molecule has 96 valence electrons. The van der Waals surface area contributed by atoms with Crippen molar-refractivity contribution in [3.63, 3.8) is 0 Å². The van der Waals surface area contributed by atoms with E-state index in [1.807, 2.05) is 31.2 Å². The quantitative estimate of drug-likeness (QED) is 0.855. The number of nitrogens with zero attached hydrogens (tertiary/aromatic N) is 1. The van der Waals surface area contributed by atoms with Gasteiger partial charge in [0.25, 0.3) is 5.91 Å². The minimum atomic E-state index is -0.309. The second kappa shape index (κ2) is 5.21. The Balaban J connectivity index is 2.09. The number of rotatable bonds is 2. The number of amides is 2. The zero-order valence-electron chi connectivity index (χ0n) is 10.6. The molecule has 1 aromatic rings. The number of carbonyl (C=O) groups excluding carboxylic acids is 2. The van der Waals surface area contributed by atoms with Crippen molar-refractivity contribution in [1.82, 2.24) is 4.90 Å². The molecule has 4 nitrogen and oxygen atoms in total. The van der Waals surface area contributed by atoms with Crippen molar-refractivity contribution in [2.45, 2.75) is 19.8 Å². The van der Waals surface area contributed by atoms with Gasteiger partial charge in [-0.2, -0.15) is 0 Å². The summed E-state index contributed by atoms with van der Waals surface area (Å²) in [5, 5.41) is 0. The molecule has 1 aromatic carbocycles. The van der Waals surface area contributed by atoms with Crippen molar-refractivity contribution in [2.75, 3.05) is 13.1 Å². The summed E-state index contributed by atoms with van der Waals surface area (Å²) in [5.41, 5.74) is 7.11. The first-order valence-electron chi connectivity index (χ1n) is 6.23. The maximum atomic E-state index is 12.3. The molecule has 1 saturated heterocycles. The number of hydrogen-bond acceptors (Lipinski definition) is 2. The predicted molar refractivity (Wildman–Crippen MR) is 69.0 cm³/mol. The Morgan fingerprint density at radius 2 is 1.94 bits per heavy atom. The van der Waals surface area contributed by atoms with Crippen molar-refractivity contribution in [1.29, 1.82) is 0 Å². The number of nitrogens with two attached hydrogens (primary N) is 1. The molecule has 0 aliphatic carbocycles. The maximum absolute atomic E-state index is 12.3. The second-order valence-corrected chi connectivity index (χ2v) is 4.86. The number of likely N-dealkylation sites (tertiary alicyclic amines) is 1. The molecule has 1 atom stereocenters. The van der Waals surface area contributed by atoms with Crippen LogP contribution in [0.5, 0.6) is 0 Å². The van der Waals surface area contributed by atoms with Crippen LogP contribution in [0.15, 0.2) is 24.3 Å². The minimum Gasteiger partial charge on any atom is -0.369 e. The lowest BCUT2D eigenvalue weighted by atomic mass is 9.97. The Morgan fingerprint density at radius 1 is 1.28 bits per heavy atom. The van der Waals surface area contributed by atoms with Crippen LogP contribution >= 0.6 is 0 Å². The van der Waals surface area contributed by atoms with E-state index in [0.29, 0.717) is 18.7 Å². The molecule has 4 heteroatoms. The summed E-state index contributed by atoms with van der Waals surface area (Å²) in [6.07, 6.45) is 1.62. The normalized spacial score (nSPS) is 19.6. The van der Waals surface area contributed by atoms with Crippen LogP contribution in [0, 0.1) is 12.8 Å². The van der Waals surface area contributed by atoms with Gasteiger partial charge in [-0.1, -0.05) is 17.7 Å². The van der Waals surface area contributed by atoms with Crippen molar-refractivity contribution in [3.8, 4) is 0 Å². The number of benzene rings is 1. The molecule has 2 rings (SSSR count). The summed E-state index contributed by atoms with van der Waals surface area (Å²) in [7, 11) is 0. The number of primary amides is 1. The minimum absolute atomic E-state index is 0.0130. The highest BCUT2D eigenvalue weighted by molar-refractivity contribution is 5.94. The van der Waals surface area contributed by atoms with E-state index in [2.05, 4.69) is 0 Å². The standard InChI is InChI=1S/C14H18N2O2/c1-10-4-6-11(7-5-10)14(18)16-8-2-3-12(9-16)13(15)17/h4-7,12H,2-3,8-9H2,1H3,(H2,15,17). The monoisotopic (exact) mass is 246 g/mol. The highest BCUT2D eigenvalue weighted by Gasteiger charge is 2.27. The molecule has 0 saturated carbocycles. The first-order valence-corrected chi connectivity index (χ1v) is 6.23. The Morgan fingerprint density at radius 3 is 2.56 bits per heavy atom. The maximum Gasteiger partial charge on any atom is 0.253 e. The summed E-state index contributed by atoms with van der Waals surface area (Å²) >= 11 is 0. The topological polar surface area (TPSA) is 63.4 Å². The van der Waals surface area contributed by atoms with Gasteiger partial charge in [-0.05, 0) is 31.9 Å². The van der Waals surface area contributed by atoms with Crippen LogP contribution in [-0.4, -0.2) is 29.8 Å². The average molecular weight is 246 g/mol. The van der Waals surface area contributed by atoms with E-state index in [1.165, 1.54) is 0 Å². The highest BCUT2D eigenvalue weighted by atomic mass is 16.2. The lowest BCUT2D eigenvalue weighted by molar-refractivity contribution is -0.123. The molecule has 1 aliphatic heterocycles. The lowest BCUT2D eigenvalue weighted by Crippen LogP contribution is -2.44. The number of piperidine rings is 1. The van der Waals surface area contributed by atoms with Crippen molar-refractivity contribution < 1.29 is 9.59 Å². The third-order valence-electron chi connectivity index (χ3n) is 3.41. The third-order valence-corrected chi connectivity index (χ3v) is 3.41. The molecule has 0 bridgehead atoms. The molecule has 2 amide bonds. The molecule has 2 N–H and O–H groups in total. The van der Waals surface area contributed by atoms with Gasteiger partial charge in [0, 0.05) is 18.7 Å². The van der Waals surface area contributed by atoms with E-state index in [1.54, 1.807) is 4.90 Å². The molecule has 0 aromatic heterocycles. The zero-order chi connectivity index (χ0) is 13.1. The Kier molecular flexibility index (Phi) is 3.65. The van der Waals surface area contributed by atoms with E-state index >= 15 is 0 Å². The van der Waals surface area contributed by atoms with Gasteiger partial charge in [-0.15, -0.1) is 0 Å². The van der Waals surface area contributed by atoms with Crippen LogP contribution in [0.3, 0.4) is 0 Å². The van der Waals surface area contributed by atoms with Gasteiger partial charge in [0.15, 0.2) is 0 Å². The SMILES string of the molecule is Cc1ccc(C(=O)N2CCCC(C(N)=O)C2)cc1. The molecule has 1 fully saturated rings. The summed E-state index contributed by atoms with van der Waals surface area (Å²) < 4.78 is 0. The summed E-state index contributed by atoms with van der Waals surface area (Å²) in [4.78, 5) is 25.2. The van der Waals surface area contributed by atoms with Crippen LogP contribution in [0.4, 0.5) is 0 Å². The van der Waals surface area contributed by atoms with E-state index in [4.69, 9.17) is 5.73 Å². The Bertz CT molecular complexity index is 453. The van der Waals surface area contributed by atoms with Crippen LogP contribution in [0.2, 0.25) is 0 Å². The van der Waals surface area contributed by atoms with Gasteiger partial charge in [-0.3, -0.25) is 9.59 Å². The fourth-order valence-electron chi connectivity index (χ4n) is 2.27. The smallest absolute Gasteiger partial charge is 0.253 e. The first-order chi connectivity index (χ1) is 8.58. The summed E-state index contributed by atoms with van der Waals surface area (Å²) in [5.74, 6) is -0.523. The van der Waals surface area contributed by atoms with Gasteiger partial charge in [0.05, 0.1) is 5.92 Å². The van der Waals surface area contributed by atoms with Crippen molar-refractivity contribution >= 4 is 11.8 Å². The molecular formula is C14H18N2O2. The van der Waals surface area contributed by atoms with Crippen LogP contribution < -0.4 is 5.73 Å². The molecule has 0 spiro atoms. The first kappa shape index (κ1) is 12.6. The van der Waals surface area contributed by atoms with Crippen molar-refractivity contribution in [3.05, 3.63) is 35.4 Å². The fourth-order valence-corrected chi connectivity index (χ4v) is 2.27. The predicted octanol–water partition coefficient (Wildman–Crippen LogP) is 1.33. The summed E-state index contributed by atoms with van der Waals surface area (Å²) in [6.45, 7) is 3.14. The number of aryl methyl sites for hydroxylation is 1. The van der Waals surface area contributed by atoms with Gasteiger partial charge in [0.2, 0.25) is 5.91 Å². The van der Waals surface area contributed by atoms with Gasteiger partial charge >= 0.3 is 0 Å². The lowest BCUT2D eigenvalue weighted by Gasteiger charge is -2.31. The van der Waals surface area contributed by atoms with Gasteiger partial charge < -0.3 is 10.6 Å². The van der Waals surface area contributed by atoms with Crippen molar-refractivity contribution in [2.24, 2.45) is 11.7 Å². The van der Waals surface area contributed by atoms with E-state index in [0.717, 1.165) is 18.4 Å². The van der Waals surface area contributed by atoms with Crippen LogP contribution in [0.25, 0.3) is 0 Å². The number of carbonyl (C=O) groups is 2. The van der Waals surface area contributed by atoms with Gasteiger partial charge in [0.1, 0.15) is 0 Å². The molecule has 18 heavy (non-hydrogen) atoms. The average Bonchev–Trinajstić information content (AvgIpc) is 2.39. The summed E-state index contributed by atoms with van der Waals surface area (Å²) in [6, 6.07) is 7.49. The number of hydrogen-bond donors (Lipinski definition) is 1. The molecule has 1 aliphatic rings. The van der Waals surface area contributed by atoms with Crippen LogP contribution in [0.1, 0.15) is 28.8 Å². The Hall–Kier alpha value is -1.84. The molecule has 1 unspecified atom stereocenters.